The van der Waals surface area contributed by atoms with Crippen molar-refractivity contribution in [1.29, 1.82) is 0 Å². The fraction of sp³-hybridized carbons (Fsp3) is 0.290. The predicted octanol–water partition coefficient (Wildman–Crippen LogP) is 5.66. The lowest BCUT2D eigenvalue weighted by Gasteiger charge is -2.23. The number of methoxy groups -OCH3 is 1. The molecule has 0 heterocycles. The summed E-state index contributed by atoms with van der Waals surface area (Å²) in [6, 6.07) is 24.1. The molecule has 3 rings (SSSR count). The summed E-state index contributed by atoms with van der Waals surface area (Å²) in [5.41, 5.74) is 6.05. The molecule has 7 nitrogen and oxygen atoms in total. The Kier molecular flexibility index (Phi) is 12.2. The Balaban J connectivity index is 1.65. The van der Waals surface area contributed by atoms with Crippen LogP contribution in [0.3, 0.4) is 0 Å². The lowest BCUT2D eigenvalue weighted by molar-refractivity contribution is -0.134. The highest BCUT2D eigenvalue weighted by atomic mass is 35.5. The Hall–Kier alpha value is -3.49. The highest BCUT2D eigenvalue weighted by molar-refractivity contribution is 6.30. The number of halogens is 1. The number of nitrogens with one attached hydrogen (secondary N) is 2. The fourth-order valence-corrected chi connectivity index (χ4v) is 4.47. The minimum atomic E-state index is -0.514. The molecule has 0 spiro atoms. The molecule has 2 unspecified atom stereocenters. The normalized spacial score (nSPS) is 12.4. The molecular formula is C31H35ClN2O5. The van der Waals surface area contributed by atoms with Crippen LogP contribution in [0.25, 0.3) is 5.57 Å². The molecule has 0 radical (unpaired) electrons. The summed E-state index contributed by atoms with van der Waals surface area (Å²) >= 11 is 5.98. The molecule has 39 heavy (non-hydrogen) atoms. The van der Waals surface area contributed by atoms with E-state index >= 15 is 0 Å². The number of aryl methyl sites for hydroxylation is 1. The van der Waals surface area contributed by atoms with E-state index in [1.165, 1.54) is 12.7 Å². The van der Waals surface area contributed by atoms with E-state index in [1.54, 1.807) is 17.6 Å². The van der Waals surface area contributed by atoms with Crippen molar-refractivity contribution in [2.24, 2.45) is 5.92 Å². The number of carbonyl (C=O) groups excluding carboxylic acids is 2. The average Bonchev–Trinajstić information content (AvgIpc) is 2.97. The molecule has 3 aromatic carbocycles. The molecule has 2 atom stereocenters. The van der Waals surface area contributed by atoms with Gasteiger partial charge in [0.1, 0.15) is 6.79 Å². The van der Waals surface area contributed by atoms with E-state index in [1.807, 2.05) is 66.7 Å². The first-order valence-electron chi connectivity index (χ1n) is 12.8. The Morgan fingerprint density at radius 3 is 2.18 bits per heavy atom. The highest BCUT2D eigenvalue weighted by Crippen LogP contribution is 2.24. The number of rotatable bonds is 15. The van der Waals surface area contributed by atoms with Gasteiger partial charge < -0.3 is 14.8 Å². The highest BCUT2D eigenvalue weighted by Gasteiger charge is 2.24. The van der Waals surface area contributed by atoms with Crippen molar-refractivity contribution in [3.8, 4) is 0 Å². The van der Waals surface area contributed by atoms with E-state index in [0.29, 0.717) is 23.4 Å². The van der Waals surface area contributed by atoms with Crippen LogP contribution in [0.2, 0.25) is 5.02 Å². The summed E-state index contributed by atoms with van der Waals surface area (Å²) < 4.78 is 10.5. The molecule has 0 aromatic heterocycles. The first kappa shape index (κ1) is 30.1. The Morgan fingerprint density at radius 1 is 0.949 bits per heavy atom. The number of amides is 2. The fourth-order valence-electron chi connectivity index (χ4n) is 4.34. The van der Waals surface area contributed by atoms with Gasteiger partial charge in [-0.2, -0.15) is 0 Å². The maximum absolute atomic E-state index is 13.1. The molecule has 0 saturated heterocycles. The van der Waals surface area contributed by atoms with E-state index in [9.17, 15) is 14.8 Å². The Morgan fingerprint density at radius 2 is 1.56 bits per heavy atom. The summed E-state index contributed by atoms with van der Waals surface area (Å²) in [5, 5.41) is 13.0. The van der Waals surface area contributed by atoms with Crippen molar-refractivity contribution in [3.05, 3.63) is 113 Å². The van der Waals surface area contributed by atoms with Gasteiger partial charge >= 0.3 is 0 Å². The smallest absolute Gasteiger partial charge is 0.251 e. The Labute approximate surface area is 234 Å². The maximum Gasteiger partial charge on any atom is 0.251 e. The van der Waals surface area contributed by atoms with Crippen LogP contribution in [0.15, 0.2) is 85.4 Å². The quantitative estimate of drug-likeness (QED) is 0.0982. The predicted molar refractivity (Wildman–Crippen MR) is 153 cm³/mol. The van der Waals surface area contributed by atoms with Gasteiger partial charge in [-0.25, -0.2) is 5.48 Å². The van der Waals surface area contributed by atoms with Crippen LogP contribution in [-0.2, 0) is 20.7 Å². The molecule has 2 amide bonds. The summed E-state index contributed by atoms with van der Waals surface area (Å²) in [6.45, 7) is 4.37. The topological polar surface area (TPSA) is 96.9 Å². The zero-order valence-corrected chi connectivity index (χ0v) is 22.8. The van der Waals surface area contributed by atoms with E-state index in [2.05, 4.69) is 11.9 Å². The summed E-state index contributed by atoms with van der Waals surface area (Å²) in [4.78, 5) is 25.6. The lowest BCUT2D eigenvalue weighted by atomic mass is 9.92. The van der Waals surface area contributed by atoms with Crippen molar-refractivity contribution >= 4 is 29.0 Å². The first-order chi connectivity index (χ1) is 18.9. The molecule has 3 N–H and O–H groups in total. The van der Waals surface area contributed by atoms with Gasteiger partial charge in [-0.3, -0.25) is 14.8 Å². The van der Waals surface area contributed by atoms with Crippen LogP contribution >= 0.6 is 11.6 Å². The lowest BCUT2D eigenvalue weighted by Crippen LogP contribution is -2.42. The maximum atomic E-state index is 13.1. The second-order valence-corrected chi connectivity index (χ2v) is 9.73. The minimum absolute atomic E-state index is 0.0543. The second kappa shape index (κ2) is 15.8. The summed E-state index contributed by atoms with van der Waals surface area (Å²) in [6.07, 6.45) is 2.39. The van der Waals surface area contributed by atoms with Crippen LogP contribution in [-0.4, -0.2) is 43.6 Å². The van der Waals surface area contributed by atoms with Gasteiger partial charge in [0.2, 0.25) is 5.91 Å². The third-order valence-corrected chi connectivity index (χ3v) is 6.71. The van der Waals surface area contributed by atoms with Gasteiger partial charge in [-0.05, 0) is 72.2 Å². The zero-order chi connectivity index (χ0) is 28.0. The summed E-state index contributed by atoms with van der Waals surface area (Å²) in [5.74, 6) is -1.29. The third kappa shape index (κ3) is 9.64. The van der Waals surface area contributed by atoms with Gasteiger partial charge in [-0.1, -0.05) is 72.8 Å². The van der Waals surface area contributed by atoms with Gasteiger partial charge in [0.15, 0.2) is 0 Å². The van der Waals surface area contributed by atoms with Gasteiger partial charge in [0.05, 0.1) is 12.6 Å². The third-order valence-electron chi connectivity index (χ3n) is 6.45. The monoisotopic (exact) mass is 550 g/mol. The van der Waals surface area contributed by atoms with Crippen molar-refractivity contribution in [2.45, 2.75) is 31.7 Å². The SMILES string of the molecule is C=C(c1ccc(Cl)cc1)c1ccc(C(=O)NC(COCOC)CC(CCCc2ccccc2)C(=O)NO)cc1. The van der Waals surface area contributed by atoms with E-state index in [-0.39, 0.29) is 19.3 Å². The number of benzene rings is 3. The molecular weight excluding hydrogens is 516 g/mol. The number of hydroxylamine groups is 1. The van der Waals surface area contributed by atoms with Crippen molar-refractivity contribution in [2.75, 3.05) is 20.5 Å². The van der Waals surface area contributed by atoms with E-state index < -0.39 is 17.9 Å². The van der Waals surface area contributed by atoms with Crippen molar-refractivity contribution in [3.63, 3.8) is 0 Å². The largest absolute Gasteiger partial charge is 0.359 e. The van der Waals surface area contributed by atoms with Crippen LogP contribution in [0.5, 0.6) is 0 Å². The number of carbonyl (C=O) groups is 2. The standard InChI is InChI=1S/C31H35ClN2O5/c1-22(25-15-17-28(32)18-16-25)24-11-13-26(14-12-24)30(35)33-29(20-39-21-38-2)19-27(31(36)34-37)10-6-9-23-7-4-3-5-8-23/h3-5,7-8,11-18,27,29,37H,1,6,9-10,19-21H2,2H3,(H,33,35)(H,34,36). The average molecular weight is 551 g/mol. The zero-order valence-electron chi connectivity index (χ0n) is 22.1. The van der Waals surface area contributed by atoms with Crippen LogP contribution in [0, 0.1) is 5.92 Å². The van der Waals surface area contributed by atoms with Crippen molar-refractivity contribution in [1.82, 2.24) is 10.8 Å². The first-order valence-corrected chi connectivity index (χ1v) is 13.2. The van der Waals surface area contributed by atoms with E-state index in [0.717, 1.165) is 29.5 Å². The van der Waals surface area contributed by atoms with Crippen LogP contribution in [0.4, 0.5) is 0 Å². The minimum Gasteiger partial charge on any atom is -0.359 e. The van der Waals surface area contributed by atoms with Gasteiger partial charge in [-0.15, -0.1) is 0 Å². The van der Waals surface area contributed by atoms with Crippen LogP contribution < -0.4 is 10.8 Å². The molecule has 206 valence electrons. The number of hydrogen-bond acceptors (Lipinski definition) is 5. The molecule has 0 aliphatic carbocycles. The molecule has 0 bridgehead atoms. The van der Waals surface area contributed by atoms with Crippen LogP contribution in [0.1, 0.15) is 46.3 Å². The number of ether oxygens (including phenoxy) is 2. The molecule has 0 aliphatic heterocycles. The van der Waals surface area contributed by atoms with Gasteiger partial charge in [0, 0.05) is 23.6 Å². The van der Waals surface area contributed by atoms with E-state index in [4.69, 9.17) is 21.1 Å². The Bertz CT molecular complexity index is 1200. The molecule has 0 aliphatic rings. The molecule has 8 heteroatoms. The molecule has 3 aromatic rings. The summed E-state index contributed by atoms with van der Waals surface area (Å²) in [7, 11) is 1.51. The molecule has 0 saturated carbocycles. The molecule has 0 fully saturated rings. The van der Waals surface area contributed by atoms with Crippen molar-refractivity contribution < 1.29 is 24.3 Å². The number of hydrogen-bond donors (Lipinski definition) is 3. The second-order valence-electron chi connectivity index (χ2n) is 9.30. The van der Waals surface area contributed by atoms with Gasteiger partial charge in [0.25, 0.3) is 5.91 Å².